The molecule has 1 aromatic carbocycles. The van der Waals surface area contributed by atoms with Gasteiger partial charge in [0, 0.05) is 25.2 Å². The van der Waals surface area contributed by atoms with Crippen LogP contribution in [0.5, 0.6) is 0 Å². The van der Waals surface area contributed by atoms with Gasteiger partial charge in [0.25, 0.3) is 0 Å². The first-order chi connectivity index (χ1) is 8.66. The lowest BCUT2D eigenvalue weighted by Crippen LogP contribution is -2.30. The van der Waals surface area contributed by atoms with Gasteiger partial charge >= 0.3 is 5.97 Å². The van der Waals surface area contributed by atoms with E-state index in [2.05, 4.69) is 24.0 Å². The lowest BCUT2D eigenvalue weighted by Gasteiger charge is -2.30. The second-order valence-corrected chi connectivity index (χ2v) is 5.06. The van der Waals surface area contributed by atoms with E-state index in [1.54, 1.807) is 0 Å². The number of carboxylic acids is 1. The number of anilines is 1. The maximum atomic E-state index is 10.6. The van der Waals surface area contributed by atoms with Gasteiger partial charge in [-0.15, -0.1) is 0 Å². The van der Waals surface area contributed by atoms with Gasteiger partial charge in [0.1, 0.15) is 0 Å². The Kier molecular flexibility index (Phi) is 4.24. The monoisotopic (exact) mass is 247 g/mol. The van der Waals surface area contributed by atoms with Crippen molar-refractivity contribution in [1.29, 1.82) is 0 Å². The number of benzene rings is 1. The van der Waals surface area contributed by atoms with Gasteiger partial charge in [0.2, 0.25) is 0 Å². The molecule has 0 aromatic heterocycles. The van der Waals surface area contributed by atoms with Crippen molar-refractivity contribution in [2.75, 3.05) is 18.0 Å². The highest BCUT2D eigenvalue weighted by Gasteiger charge is 2.13. The molecule has 0 spiro atoms. The molecule has 0 unspecified atom stereocenters. The standard InChI is InChI=1S/C15H21NO2/c1-12-5-6-13(7-8-15(17)18)11-14(12)16-9-3-2-4-10-16/h5-6,11H,2-4,7-10H2,1H3,(H,17,18). The van der Waals surface area contributed by atoms with Crippen molar-refractivity contribution in [3.05, 3.63) is 29.3 Å². The van der Waals surface area contributed by atoms with Crippen molar-refractivity contribution in [2.24, 2.45) is 0 Å². The summed E-state index contributed by atoms with van der Waals surface area (Å²) >= 11 is 0. The molecule has 1 aromatic rings. The SMILES string of the molecule is Cc1ccc(CCC(=O)O)cc1N1CCCCC1. The number of piperidine rings is 1. The van der Waals surface area contributed by atoms with Crippen LogP contribution in [0.3, 0.4) is 0 Å². The maximum Gasteiger partial charge on any atom is 0.303 e. The van der Waals surface area contributed by atoms with Gasteiger partial charge < -0.3 is 10.0 Å². The summed E-state index contributed by atoms with van der Waals surface area (Å²) in [7, 11) is 0. The molecule has 0 amide bonds. The predicted octanol–water partition coefficient (Wildman–Crippen LogP) is 3.00. The van der Waals surface area contributed by atoms with Crippen molar-refractivity contribution < 1.29 is 9.90 Å². The highest BCUT2D eigenvalue weighted by Crippen LogP contribution is 2.25. The molecule has 0 radical (unpaired) electrons. The molecule has 98 valence electrons. The van der Waals surface area contributed by atoms with Crippen molar-refractivity contribution in [3.8, 4) is 0 Å². The average molecular weight is 247 g/mol. The molecule has 1 heterocycles. The van der Waals surface area contributed by atoms with Crippen LogP contribution in [0.2, 0.25) is 0 Å². The molecule has 1 aliphatic heterocycles. The molecular formula is C15H21NO2. The van der Waals surface area contributed by atoms with E-state index in [9.17, 15) is 4.79 Å². The smallest absolute Gasteiger partial charge is 0.303 e. The molecule has 3 heteroatoms. The lowest BCUT2D eigenvalue weighted by molar-refractivity contribution is -0.136. The van der Waals surface area contributed by atoms with Gasteiger partial charge in [0.05, 0.1) is 0 Å². The number of hydrogen-bond donors (Lipinski definition) is 1. The second kappa shape index (κ2) is 5.89. The summed E-state index contributed by atoms with van der Waals surface area (Å²) in [5.41, 5.74) is 3.71. The van der Waals surface area contributed by atoms with E-state index >= 15 is 0 Å². The Morgan fingerprint density at radius 2 is 2.00 bits per heavy atom. The van der Waals surface area contributed by atoms with Crippen LogP contribution in [0.1, 0.15) is 36.8 Å². The Labute approximate surface area is 108 Å². The van der Waals surface area contributed by atoms with E-state index in [1.165, 1.54) is 30.5 Å². The average Bonchev–Trinajstić information content (AvgIpc) is 2.38. The second-order valence-electron chi connectivity index (χ2n) is 5.06. The van der Waals surface area contributed by atoms with Gasteiger partial charge in [-0.1, -0.05) is 12.1 Å². The van der Waals surface area contributed by atoms with Gasteiger partial charge in [-0.05, 0) is 49.8 Å². The van der Waals surface area contributed by atoms with E-state index in [-0.39, 0.29) is 6.42 Å². The zero-order valence-electron chi connectivity index (χ0n) is 11.0. The zero-order valence-corrected chi connectivity index (χ0v) is 11.0. The Morgan fingerprint density at radius 1 is 1.28 bits per heavy atom. The summed E-state index contributed by atoms with van der Waals surface area (Å²) in [5.74, 6) is -0.727. The Morgan fingerprint density at radius 3 is 2.67 bits per heavy atom. The zero-order chi connectivity index (χ0) is 13.0. The van der Waals surface area contributed by atoms with Crippen LogP contribution in [-0.4, -0.2) is 24.2 Å². The number of rotatable bonds is 4. The molecule has 18 heavy (non-hydrogen) atoms. The number of nitrogens with zero attached hydrogens (tertiary/aromatic N) is 1. The van der Waals surface area contributed by atoms with Crippen molar-refractivity contribution in [2.45, 2.75) is 39.0 Å². The first kappa shape index (κ1) is 12.9. The lowest BCUT2D eigenvalue weighted by atomic mass is 10.0. The highest BCUT2D eigenvalue weighted by molar-refractivity contribution is 5.67. The van der Waals surface area contributed by atoms with E-state index in [0.29, 0.717) is 6.42 Å². The van der Waals surface area contributed by atoms with E-state index in [1.807, 2.05) is 6.07 Å². The number of aryl methyl sites for hydroxylation is 2. The molecule has 0 atom stereocenters. The summed E-state index contributed by atoms with van der Waals surface area (Å²) in [6.45, 7) is 4.39. The van der Waals surface area contributed by atoms with Gasteiger partial charge in [0.15, 0.2) is 0 Å². The van der Waals surface area contributed by atoms with Crippen LogP contribution in [0, 0.1) is 6.92 Å². The summed E-state index contributed by atoms with van der Waals surface area (Å²) < 4.78 is 0. The minimum absolute atomic E-state index is 0.211. The first-order valence-corrected chi connectivity index (χ1v) is 6.73. The van der Waals surface area contributed by atoms with Gasteiger partial charge in [-0.3, -0.25) is 4.79 Å². The molecule has 1 fully saturated rings. The summed E-state index contributed by atoms with van der Waals surface area (Å²) in [4.78, 5) is 13.0. The van der Waals surface area contributed by atoms with Crippen LogP contribution in [0.25, 0.3) is 0 Å². The Balaban J connectivity index is 2.12. The first-order valence-electron chi connectivity index (χ1n) is 6.73. The molecular weight excluding hydrogens is 226 g/mol. The fourth-order valence-electron chi connectivity index (χ4n) is 2.54. The van der Waals surface area contributed by atoms with Crippen molar-refractivity contribution in [3.63, 3.8) is 0 Å². The molecule has 1 aliphatic rings. The number of carbonyl (C=O) groups is 1. The third-order valence-electron chi connectivity index (χ3n) is 3.60. The normalized spacial score (nSPS) is 15.7. The number of aliphatic carboxylic acids is 1. The number of hydrogen-bond acceptors (Lipinski definition) is 2. The van der Waals surface area contributed by atoms with Crippen molar-refractivity contribution >= 4 is 11.7 Å². The predicted molar refractivity (Wildman–Crippen MR) is 73.2 cm³/mol. The summed E-state index contributed by atoms with van der Waals surface area (Å²) in [6.07, 6.45) is 4.69. The molecule has 0 aliphatic carbocycles. The third-order valence-corrected chi connectivity index (χ3v) is 3.60. The van der Waals surface area contributed by atoms with E-state index in [0.717, 1.165) is 18.7 Å². The topological polar surface area (TPSA) is 40.5 Å². The minimum atomic E-state index is -0.727. The van der Waals surface area contributed by atoms with Gasteiger partial charge in [-0.25, -0.2) is 0 Å². The minimum Gasteiger partial charge on any atom is -0.481 e. The Bertz CT molecular complexity index is 423. The van der Waals surface area contributed by atoms with Crippen LogP contribution in [0.4, 0.5) is 5.69 Å². The molecule has 1 N–H and O–H groups in total. The fourth-order valence-corrected chi connectivity index (χ4v) is 2.54. The third kappa shape index (κ3) is 3.25. The highest BCUT2D eigenvalue weighted by atomic mass is 16.4. The number of carboxylic acid groups (broad SMARTS) is 1. The van der Waals surface area contributed by atoms with E-state index < -0.39 is 5.97 Å². The van der Waals surface area contributed by atoms with E-state index in [4.69, 9.17) is 5.11 Å². The fraction of sp³-hybridized carbons (Fsp3) is 0.533. The van der Waals surface area contributed by atoms with Crippen molar-refractivity contribution in [1.82, 2.24) is 0 Å². The summed E-state index contributed by atoms with van der Waals surface area (Å²) in [5, 5.41) is 8.74. The quantitative estimate of drug-likeness (QED) is 0.889. The van der Waals surface area contributed by atoms with Crippen LogP contribution < -0.4 is 4.90 Å². The maximum absolute atomic E-state index is 10.6. The molecule has 0 bridgehead atoms. The Hall–Kier alpha value is -1.51. The molecule has 2 rings (SSSR count). The molecule has 3 nitrogen and oxygen atoms in total. The molecule has 1 saturated heterocycles. The largest absolute Gasteiger partial charge is 0.481 e. The van der Waals surface area contributed by atoms with Gasteiger partial charge in [-0.2, -0.15) is 0 Å². The summed E-state index contributed by atoms with van der Waals surface area (Å²) in [6, 6.07) is 6.33. The van der Waals surface area contributed by atoms with Crippen LogP contribution in [-0.2, 0) is 11.2 Å². The van der Waals surface area contributed by atoms with Crippen LogP contribution in [0.15, 0.2) is 18.2 Å². The molecule has 0 saturated carbocycles. The van der Waals surface area contributed by atoms with Crippen LogP contribution >= 0.6 is 0 Å².